The van der Waals surface area contributed by atoms with Gasteiger partial charge in [-0.1, -0.05) is 0 Å². The molecule has 1 aromatic rings. The second-order valence-corrected chi connectivity index (χ2v) is 3.88. The summed E-state index contributed by atoms with van der Waals surface area (Å²) in [6, 6.07) is 7.73. The van der Waals surface area contributed by atoms with E-state index in [1.165, 1.54) is 0 Å². The molecule has 0 radical (unpaired) electrons. The van der Waals surface area contributed by atoms with Gasteiger partial charge in [0.2, 0.25) is 0 Å². The summed E-state index contributed by atoms with van der Waals surface area (Å²) in [7, 11) is 0. The molecule has 16 heavy (non-hydrogen) atoms. The van der Waals surface area contributed by atoms with Gasteiger partial charge in [-0.2, -0.15) is 0 Å². The summed E-state index contributed by atoms with van der Waals surface area (Å²) in [5.41, 5.74) is 0. The zero-order valence-electron chi connectivity index (χ0n) is 9.75. The van der Waals surface area contributed by atoms with E-state index in [1.54, 1.807) is 0 Å². The van der Waals surface area contributed by atoms with Crippen molar-refractivity contribution in [2.24, 2.45) is 0 Å². The number of alkyl halides is 1. The molecular formula is C13H19ClO2. The van der Waals surface area contributed by atoms with Crippen molar-refractivity contribution in [3.63, 3.8) is 0 Å². The summed E-state index contributed by atoms with van der Waals surface area (Å²) in [4.78, 5) is 0. The van der Waals surface area contributed by atoms with Crippen LogP contribution in [0.3, 0.4) is 0 Å². The lowest BCUT2D eigenvalue weighted by Crippen LogP contribution is -1.97. The smallest absolute Gasteiger partial charge is 0.119 e. The standard InChI is InChI=1S/C13H19ClO2/c1-2-15-12-6-8-13(9-7-12)16-11-5-3-4-10-14/h6-9H,2-5,10-11H2,1H3. The molecule has 3 heteroatoms. The van der Waals surface area contributed by atoms with E-state index < -0.39 is 0 Å². The molecule has 90 valence electrons. The number of unbranched alkanes of at least 4 members (excludes halogenated alkanes) is 2. The first kappa shape index (κ1) is 13.2. The zero-order chi connectivity index (χ0) is 11.6. The van der Waals surface area contributed by atoms with E-state index in [0.29, 0.717) is 6.61 Å². The molecule has 1 aromatic carbocycles. The van der Waals surface area contributed by atoms with Crippen LogP contribution in [-0.4, -0.2) is 19.1 Å². The Morgan fingerprint density at radius 3 is 2.12 bits per heavy atom. The Morgan fingerprint density at radius 1 is 0.938 bits per heavy atom. The monoisotopic (exact) mass is 242 g/mol. The average molecular weight is 243 g/mol. The molecule has 0 N–H and O–H groups in total. The molecule has 0 heterocycles. The Labute approximate surface area is 103 Å². The third-order valence-corrected chi connectivity index (χ3v) is 2.45. The van der Waals surface area contributed by atoms with E-state index in [1.807, 2.05) is 31.2 Å². The SMILES string of the molecule is CCOc1ccc(OCCCCCCl)cc1. The molecule has 0 saturated heterocycles. The molecule has 0 aliphatic rings. The third kappa shape index (κ3) is 5.26. The predicted octanol–water partition coefficient (Wildman–Crippen LogP) is 3.87. The first-order valence-corrected chi connectivity index (χ1v) is 6.32. The molecule has 0 fully saturated rings. The molecule has 0 bridgehead atoms. The first-order valence-electron chi connectivity index (χ1n) is 5.78. The molecule has 0 aliphatic heterocycles. The van der Waals surface area contributed by atoms with Gasteiger partial charge in [-0.3, -0.25) is 0 Å². The van der Waals surface area contributed by atoms with E-state index in [-0.39, 0.29) is 0 Å². The number of benzene rings is 1. The van der Waals surface area contributed by atoms with Gasteiger partial charge >= 0.3 is 0 Å². The lowest BCUT2D eigenvalue weighted by molar-refractivity contribution is 0.304. The van der Waals surface area contributed by atoms with Crippen molar-refractivity contribution in [1.29, 1.82) is 0 Å². The van der Waals surface area contributed by atoms with Crippen molar-refractivity contribution in [3.8, 4) is 11.5 Å². The largest absolute Gasteiger partial charge is 0.494 e. The fraction of sp³-hybridized carbons (Fsp3) is 0.538. The van der Waals surface area contributed by atoms with Crippen molar-refractivity contribution in [2.75, 3.05) is 19.1 Å². The molecule has 0 aromatic heterocycles. The molecule has 2 nitrogen and oxygen atoms in total. The van der Waals surface area contributed by atoms with Gasteiger partial charge in [0.15, 0.2) is 0 Å². The summed E-state index contributed by atoms with van der Waals surface area (Å²) in [6.45, 7) is 3.42. The van der Waals surface area contributed by atoms with E-state index in [9.17, 15) is 0 Å². The normalized spacial score (nSPS) is 10.1. The number of rotatable bonds is 8. The highest BCUT2D eigenvalue weighted by Gasteiger charge is 1.95. The van der Waals surface area contributed by atoms with Crippen LogP contribution >= 0.6 is 11.6 Å². The minimum atomic E-state index is 0.693. The number of hydrogen-bond donors (Lipinski definition) is 0. The maximum absolute atomic E-state index is 5.59. The summed E-state index contributed by atoms with van der Waals surface area (Å²) >= 11 is 5.59. The molecule has 0 atom stereocenters. The summed E-state index contributed by atoms with van der Waals surface area (Å²) in [5.74, 6) is 2.52. The van der Waals surface area contributed by atoms with Crippen LogP contribution in [-0.2, 0) is 0 Å². The van der Waals surface area contributed by atoms with Gasteiger partial charge in [-0.25, -0.2) is 0 Å². The maximum atomic E-state index is 5.59. The molecule has 0 aliphatic carbocycles. The maximum Gasteiger partial charge on any atom is 0.119 e. The van der Waals surface area contributed by atoms with Crippen molar-refractivity contribution < 1.29 is 9.47 Å². The fourth-order valence-corrected chi connectivity index (χ4v) is 1.55. The van der Waals surface area contributed by atoms with Gasteiger partial charge in [0.05, 0.1) is 13.2 Å². The highest BCUT2D eigenvalue weighted by atomic mass is 35.5. The van der Waals surface area contributed by atoms with Gasteiger partial charge in [0, 0.05) is 5.88 Å². The summed E-state index contributed by atoms with van der Waals surface area (Å²) in [5, 5.41) is 0. The average Bonchev–Trinajstić information content (AvgIpc) is 2.31. The number of hydrogen-bond acceptors (Lipinski definition) is 2. The summed E-state index contributed by atoms with van der Waals surface area (Å²) in [6.07, 6.45) is 3.24. The van der Waals surface area contributed by atoms with Crippen LogP contribution in [0, 0.1) is 0 Å². The van der Waals surface area contributed by atoms with Crippen molar-refractivity contribution in [1.82, 2.24) is 0 Å². The minimum Gasteiger partial charge on any atom is -0.494 e. The Kier molecular flexibility index (Phi) is 6.82. The highest BCUT2D eigenvalue weighted by Crippen LogP contribution is 2.17. The van der Waals surface area contributed by atoms with Gasteiger partial charge in [0.1, 0.15) is 11.5 Å². The van der Waals surface area contributed by atoms with Gasteiger partial charge < -0.3 is 9.47 Å². The second kappa shape index (κ2) is 8.28. The lowest BCUT2D eigenvalue weighted by atomic mass is 10.2. The third-order valence-electron chi connectivity index (χ3n) is 2.18. The van der Waals surface area contributed by atoms with Crippen molar-refractivity contribution >= 4 is 11.6 Å². The van der Waals surface area contributed by atoms with Crippen LogP contribution < -0.4 is 9.47 Å². The van der Waals surface area contributed by atoms with Crippen LogP contribution in [0.4, 0.5) is 0 Å². The van der Waals surface area contributed by atoms with Crippen LogP contribution in [0.2, 0.25) is 0 Å². The molecule has 1 rings (SSSR count). The van der Waals surface area contributed by atoms with E-state index in [4.69, 9.17) is 21.1 Å². The molecular weight excluding hydrogens is 224 g/mol. The van der Waals surface area contributed by atoms with Crippen LogP contribution in [0.5, 0.6) is 11.5 Å². The fourth-order valence-electron chi connectivity index (χ4n) is 1.36. The second-order valence-electron chi connectivity index (χ2n) is 3.50. The van der Waals surface area contributed by atoms with E-state index in [0.717, 1.165) is 43.2 Å². The lowest BCUT2D eigenvalue weighted by Gasteiger charge is -2.07. The van der Waals surface area contributed by atoms with Crippen molar-refractivity contribution in [3.05, 3.63) is 24.3 Å². The predicted molar refractivity (Wildman–Crippen MR) is 67.7 cm³/mol. The Morgan fingerprint density at radius 2 is 1.56 bits per heavy atom. The van der Waals surface area contributed by atoms with Crippen LogP contribution in [0.1, 0.15) is 26.2 Å². The number of halogens is 1. The quantitative estimate of drug-likeness (QED) is 0.509. The molecule has 0 saturated carbocycles. The Balaban J connectivity index is 2.21. The first-order chi connectivity index (χ1) is 7.86. The number of ether oxygens (including phenoxy) is 2. The zero-order valence-corrected chi connectivity index (χ0v) is 10.5. The topological polar surface area (TPSA) is 18.5 Å². The molecule has 0 spiro atoms. The van der Waals surface area contributed by atoms with Crippen molar-refractivity contribution in [2.45, 2.75) is 26.2 Å². The van der Waals surface area contributed by atoms with Gasteiger partial charge in [-0.15, -0.1) is 11.6 Å². The van der Waals surface area contributed by atoms with Gasteiger partial charge in [-0.05, 0) is 50.5 Å². The molecule has 0 amide bonds. The van der Waals surface area contributed by atoms with E-state index >= 15 is 0 Å². The highest BCUT2D eigenvalue weighted by molar-refractivity contribution is 6.17. The van der Waals surface area contributed by atoms with Crippen LogP contribution in [0.25, 0.3) is 0 Å². The molecule has 0 unspecified atom stereocenters. The Hall–Kier alpha value is -0.890. The van der Waals surface area contributed by atoms with Crippen LogP contribution in [0.15, 0.2) is 24.3 Å². The minimum absolute atomic E-state index is 0.693. The Bertz CT molecular complexity index is 272. The van der Waals surface area contributed by atoms with Gasteiger partial charge in [0.25, 0.3) is 0 Å². The van der Waals surface area contributed by atoms with E-state index in [2.05, 4.69) is 0 Å². The summed E-state index contributed by atoms with van der Waals surface area (Å²) < 4.78 is 10.9.